The molecule has 0 radical (unpaired) electrons. The van der Waals surface area contributed by atoms with Crippen molar-refractivity contribution in [3.05, 3.63) is 42.2 Å². The molecule has 74 valence electrons. The molecular formula is C12H14O2. The largest absolute Gasteiger partial charge is 0.501 e. The van der Waals surface area contributed by atoms with Gasteiger partial charge in [0.1, 0.15) is 5.75 Å². The van der Waals surface area contributed by atoms with E-state index in [1.165, 1.54) is 5.56 Å². The van der Waals surface area contributed by atoms with E-state index < -0.39 is 0 Å². The molecule has 0 N–H and O–H groups in total. The first-order chi connectivity index (χ1) is 6.90. The van der Waals surface area contributed by atoms with Crippen molar-refractivity contribution in [2.75, 3.05) is 13.7 Å². The minimum absolute atomic E-state index is 0.495. The Balaban J connectivity index is 2.15. The molecule has 0 saturated carbocycles. The molecule has 1 aliphatic heterocycles. The summed E-state index contributed by atoms with van der Waals surface area (Å²) in [6.45, 7) is 0.813. The Labute approximate surface area is 84.2 Å². The second kappa shape index (κ2) is 4.18. The molecule has 0 aliphatic carbocycles. The Kier molecular flexibility index (Phi) is 2.73. The standard InChI is InChI=1S/C12H14O2/c1-13-12-4-2-10(3-5-12)11-6-8-14-9-7-11/h2-6,8,11H,7,9H2,1H3/t11-/m1/s1. The van der Waals surface area contributed by atoms with Gasteiger partial charge in [0.2, 0.25) is 0 Å². The van der Waals surface area contributed by atoms with E-state index in [9.17, 15) is 0 Å². The summed E-state index contributed by atoms with van der Waals surface area (Å²) < 4.78 is 10.3. The van der Waals surface area contributed by atoms with Crippen LogP contribution in [0.15, 0.2) is 36.6 Å². The molecule has 1 heterocycles. The van der Waals surface area contributed by atoms with Crippen molar-refractivity contribution in [2.24, 2.45) is 0 Å². The van der Waals surface area contributed by atoms with Crippen molar-refractivity contribution in [3.63, 3.8) is 0 Å². The van der Waals surface area contributed by atoms with Gasteiger partial charge in [0.15, 0.2) is 0 Å². The quantitative estimate of drug-likeness (QED) is 0.713. The second-order valence-corrected chi connectivity index (χ2v) is 3.37. The smallest absolute Gasteiger partial charge is 0.118 e. The fraction of sp³-hybridized carbons (Fsp3) is 0.333. The lowest BCUT2D eigenvalue weighted by molar-refractivity contribution is 0.223. The second-order valence-electron chi connectivity index (χ2n) is 3.37. The fourth-order valence-electron chi connectivity index (χ4n) is 1.64. The topological polar surface area (TPSA) is 18.5 Å². The zero-order chi connectivity index (χ0) is 9.80. The summed E-state index contributed by atoms with van der Waals surface area (Å²) in [7, 11) is 1.68. The highest BCUT2D eigenvalue weighted by atomic mass is 16.5. The molecule has 0 amide bonds. The molecule has 0 aromatic heterocycles. The van der Waals surface area contributed by atoms with E-state index in [4.69, 9.17) is 9.47 Å². The average molecular weight is 190 g/mol. The van der Waals surface area contributed by atoms with Gasteiger partial charge in [-0.3, -0.25) is 0 Å². The monoisotopic (exact) mass is 190 g/mol. The Morgan fingerprint density at radius 1 is 1.29 bits per heavy atom. The van der Waals surface area contributed by atoms with E-state index in [1.54, 1.807) is 13.4 Å². The lowest BCUT2D eigenvalue weighted by Gasteiger charge is -2.17. The Hall–Kier alpha value is -1.44. The van der Waals surface area contributed by atoms with Crippen molar-refractivity contribution in [1.29, 1.82) is 0 Å². The van der Waals surface area contributed by atoms with Gasteiger partial charge in [-0.1, -0.05) is 12.1 Å². The number of benzene rings is 1. The minimum atomic E-state index is 0.495. The summed E-state index contributed by atoms with van der Waals surface area (Å²) >= 11 is 0. The molecule has 1 atom stereocenters. The highest BCUT2D eigenvalue weighted by molar-refractivity contribution is 5.31. The molecule has 2 nitrogen and oxygen atoms in total. The predicted molar refractivity (Wildman–Crippen MR) is 55.4 cm³/mol. The number of rotatable bonds is 2. The van der Waals surface area contributed by atoms with Crippen LogP contribution in [0, 0.1) is 0 Å². The molecule has 1 aromatic carbocycles. The zero-order valence-electron chi connectivity index (χ0n) is 8.27. The zero-order valence-corrected chi connectivity index (χ0v) is 8.27. The van der Waals surface area contributed by atoms with E-state index in [-0.39, 0.29) is 0 Å². The van der Waals surface area contributed by atoms with Crippen LogP contribution in [0.3, 0.4) is 0 Å². The van der Waals surface area contributed by atoms with Crippen LogP contribution in [-0.2, 0) is 4.74 Å². The van der Waals surface area contributed by atoms with Gasteiger partial charge in [-0.25, -0.2) is 0 Å². The first-order valence-electron chi connectivity index (χ1n) is 4.82. The first kappa shape index (κ1) is 9.13. The number of hydrogen-bond donors (Lipinski definition) is 0. The summed E-state index contributed by atoms with van der Waals surface area (Å²) in [5, 5.41) is 0. The van der Waals surface area contributed by atoms with Crippen LogP contribution in [0.1, 0.15) is 17.9 Å². The van der Waals surface area contributed by atoms with Gasteiger partial charge in [0.05, 0.1) is 20.0 Å². The van der Waals surface area contributed by atoms with Crippen molar-refractivity contribution >= 4 is 0 Å². The Morgan fingerprint density at radius 3 is 2.64 bits per heavy atom. The number of ether oxygens (including phenoxy) is 2. The molecule has 0 unspecified atom stereocenters. The average Bonchev–Trinajstić information content (AvgIpc) is 2.30. The van der Waals surface area contributed by atoms with E-state index in [2.05, 4.69) is 18.2 Å². The van der Waals surface area contributed by atoms with Gasteiger partial charge >= 0.3 is 0 Å². The van der Waals surface area contributed by atoms with Crippen LogP contribution in [0.4, 0.5) is 0 Å². The van der Waals surface area contributed by atoms with Crippen LogP contribution in [0.25, 0.3) is 0 Å². The van der Waals surface area contributed by atoms with Gasteiger partial charge in [-0.2, -0.15) is 0 Å². The maximum atomic E-state index is 5.16. The van der Waals surface area contributed by atoms with Gasteiger partial charge in [-0.15, -0.1) is 0 Å². The van der Waals surface area contributed by atoms with Gasteiger partial charge in [-0.05, 0) is 30.2 Å². The van der Waals surface area contributed by atoms with Gasteiger partial charge < -0.3 is 9.47 Å². The fourth-order valence-corrected chi connectivity index (χ4v) is 1.64. The summed E-state index contributed by atoms with van der Waals surface area (Å²) in [6.07, 6.45) is 4.95. The molecule has 0 fully saturated rings. The highest BCUT2D eigenvalue weighted by Crippen LogP contribution is 2.25. The number of methoxy groups -OCH3 is 1. The molecule has 2 heteroatoms. The number of hydrogen-bond acceptors (Lipinski definition) is 2. The molecule has 0 saturated heterocycles. The molecule has 2 rings (SSSR count). The van der Waals surface area contributed by atoms with E-state index in [0.29, 0.717) is 5.92 Å². The maximum absolute atomic E-state index is 5.16. The Bertz CT molecular complexity index is 314. The lowest BCUT2D eigenvalue weighted by atomic mass is 9.95. The molecule has 1 aliphatic rings. The summed E-state index contributed by atoms with van der Waals surface area (Å²) in [4.78, 5) is 0. The molecule has 0 bridgehead atoms. The summed E-state index contributed by atoms with van der Waals surface area (Å²) in [5.74, 6) is 1.40. The number of allylic oxidation sites excluding steroid dienone is 1. The lowest BCUT2D eigenvalue weighted by Crippen LogP contribution is -2.04. The van der Waals surface area contributed by atoms with Crippen LogP contribution in [0.5, 0.6) is 5.75 Å². The third-order valence-corrected chi connectivity index (χ3v) is 2.50. The van der Waals surface area contributed by atoms with Crippen molar-refractivity contribution < 1.29 is 9.47 Å². The third kappa shape index (κ3) is 1.90. The van der Waals surface area contributed by atoms with Crippen LogP contribution < -0.4 is 4.74 Å². The van der Waals surface area contributed by atoms with Gasteiger partial charge in [0.25, 0.3) is 0 Å². The molecule has 14 heavy (non-hydrogen) atoms. The highest BCUT2D eigenvalue weighted by Gasteiger charge is 2.11. The SMILES string of the molecule is COc1ccc([C@@H]2C=COCC2)cc1. The van der Waals surface area contributed by atoms with Crippen LogP contribution >= 0.6 is 0 Å². The van der Waals surface area contributed by atoms with E-state index in [0.717, 1.165) is 18.8 Å². The summed E-state index contributed by atoms with van der Waals surface area (Å²) in [5.41, 5.74) is 1.32. The molecule has 0 spiro atoms. The first-order valence-corrected chi connectivity index (χ1v) is 4.82. The van der Waals surface area contributed by atoms with Crippen LogP contribution in [-0.4, -0.2) is 13.7 Å². The predicted octanol–water partition coefficient (Wildman–Crippen LogP) is 2.71. The normalized spacial score (nSPS) is 20.2. The van der Waals surface area contributed by atoms with Crippen molar-refractivity contribution in [1.82, 2.24) is 0 Å². The van der Waals surface area contributed by atoms with Crippen LogP contribution in [0.2, 0.25) is 0 Å². The maximum Gasteiger partial charge on any atom is 0.118 e. The van der Waals surface area contributed by atoms with Gasteiger partial charge in [0, 0.05) is 5.92 Å². The third-order valence-electron chi connectivity index (χ3n) is 2.50. The van der Waals surface area contributed by atoms with E-state index in [1.807, 2.05) is 12.1 Å². The van der Waals surface area contributed by atoms with Crippen molar-refractivity contribution in [2.45, 2.75) is 12.3 Å². The molecule has 1 aromatic rings. The molecular weight excluding hydrogens is 176 g/mol. The summed E-state index contributed by atoms with van der Waals surface area (Å²) in [6, 6.07) is 8.22. The Morgan fingerprint density at radius 2 is 2.07 bits per heavy atom. The van der Waals surface area contributed by atoms with Crippen molar-refractivity contribution in [3.8, 4) is 5.75 Å². The minimum Gasteiger partial charge on any atom is -0.501 e. The van der Waals surface area contributed by atoms with E-state index >= 15 is 0 Å².